The first-order valence-electron chi connectivity index (χ1n) is 6.96. The summed E-state index contributed by atoms with van der Waals surface area (Å²) in [5, 5.41) is 18.0. The van der Waals surface area contributed by atoms with Gasteiger partial charge in [0.05, 0.1) is 12.6 Å². The highest BCUT2D eigenvalue weighted by Gasteiger charge is 2.28. The molecule has 1 unspecified atom stereocenters. The van der Waals surface area contributed by atoms with Gasteiger partial charge in [0.1, 0.15) is 0 Å². The molecule has 1 aromatic rings. The molecule has 1 atom stereocenters. The van der Waals surface area contributed by atoms with E-state index < -0.39 is 5.97 Å². The average molecular weight is 289 g/mol. The molecular weight excluding hydrogens is 270 g/mol. The third-order valence-electron chi connectivity index (χ3n) is 3.78. The van der Waals surface area contributed by atoms with Crippen LogP contribution < -0.4 is 0 Å². The van der Waals surface area contributed by atoms with E-state index in [0.29, 0.717) is 17.7 Å². The van der Waals surface area contributed by atoms with Gasteiger partial charge in [0.15, 0.2) is 0 Å². The van der Waals surface area contributed by atoms with Crippen molar-refractivity contribution in [1.29, 1.82) is 0 Å². The van der Waals surface area contributed by atoms with Gasteiger partial charge < -0.3 is 15.1 Å². The van der Waals surface area contributed by atoms with Gasteiger partial charge in [0.25, 0.3) is 5.91 Å². The highest BCUT2D eigenvalue weighted by Crippen LogP contribution is 2.21. The Hall–Kier alpha value is -2.14. The van der Waals surface area contributed by atoms with E-state index in [4.69, 9.17) is 5.11 Å². The van der Waals surface area contributed by atoms with Crippen LogP contribution in [-0.2, 0) is 4.79 Å². The van der Waals surface area contributed by atoms with Gasteiger partial charge in [-0.05, 0) is 49.1 Å². The quantitative estimate of drug-likeness (QED) is 0.827. The first kappa shape index (κ1) is 15.3. The third kappa shape index (κ3) is 3.49. The second-order valence-electron chi connectivity index (χ2n) is 5.22. The summed E-state index contributed by atoms with van der Waals surface area (Å²) in [6.45, 7) is 2.49. The zero-order chi connectivity index (χ0) is 15.4. The molecule has 1 saturated heterocycles. The number of carboxylic acid groups (broad SMARTS) is 1. The van der Waals surface area contributed by atoms with E-state index in [1.165, 1.54) is 6.08 Å². The lowest BCUT2D eigenvalue weighted by Gasteiger charge is -2.23. The van der Waals surface area contributed by atoms with E-state index in [1.807, 2.05) is 6.92 Å². The minimum Gasteiger partial charge on any atom is -0.478 e. The molecule has 1 fully saturated rings. The molecule has 0 radical (unpaired) electrons. The van der Waals surface area contributed by atoms with Crippen LogP contribution in [0.1, 0.15) is 34.3 Å². The maximum Gasteiger partial charge on any atom is 0.328 e. The van der Waals surface area contributed by atoms with Crippen molar-refractivity contribution in [3.8, 4) is 0 Å². The highest BCUT2D eigenvalue weighted by molar-refractivity contribution is 5.95. The van der Waals surface area contributed by atoms with Gasteiger partial charge >= 0.3 is 5.97 Å². The number of hydrogen-bond donors (Lipinski definition) is 2. The van der Waals surface area contributed by atoms with Crippen LogP contribution in [0.5, 0.6) is 0 Å². The number of aliphatic carboxylic acids is 1. The number of hydrogen-bond acceptors (Lipinski definition) is 3. The fourth-order valence-corrected chi connectivity index (χ4v) is 2.57. The number of likely N-dealkylation sites (tertiary alicyclic amines) is 1. The minimum atomic E-state index is -1.02. The van der Waals surface area contributed by atoms with Gasteiger partial charge in [-0.3, -0.25) is 4.79 Å². The molecule has 0 saturated carbocycles. The summed E-state index contributed by atoms with van der Waals surface area (Å²) in [6.07, 6.45) is 4.26. The maximum atomic E-state index is 12.5. The summed E-state index contributed by atoms with van der Waals surface area (Å²) < 4.78 is 0. The molecule has 1 aliphatic rings. The Bertz CT molecular complexity index is 580. The second kappa shape index (κ2) is 6.54. The topological polar surface area (TPSA) is 77.8 Å². The summed E-state index contributed by atoms with van der Waals surface area (Å²) in [5.41, 5.74) is 2.14. The van der Waals surface area contributed by atoms with Crippen molar-refractivity contribution in [3.63, 3.8) is 0 Å². The number of rotatable bonds is 4. The van der Waals surface area contributed by atoms with Gasteiger partial charge in [-0.15, -0.1) is 0 Å². The fourth-order valence-electron chi connectivity index (χ4n) is 2.57. The molecule has 0 bridgehead atoms. The van der Waals surface area contributed by atoms with E-state index in [2.05, 4.69) is 0 Å². The summed E-state index contributed by atoms with van der Waals surface area (Å²) in [5.74, 6) is -1.14. The van der Waals surface area contributed by atoms with E-state index in [1.54, 1.807) is 23.1 Å². The Morgan fingerprint density at radius 1 is 1.43 bits per heavy atom. The van der Waals surface area contributed by atoms with Crippen molar-refractivity contribution < 1.29 is 19.8 Å². The van der Waals surface area contributed by atoms with Crippen molar-refractivity contribution in [3.05, 3.63) is 41.0 Å². The molecule has 2 rings (SSSR count). The normalized spacial score (nSPS) is 18.4. The molecule has 5 nitrogen and oxygen atoms in total. The molecule has 0 aliphatic carbocycles. The lowest BCUT2D eigenvalue weighted by Crippen LogP contribution is -2.37. The van der Waals surface area contributed by atoms with Crippen molar-refractivity contribution in [2.75, 3.05) is 13.2 Å². The van der Waals surface area contributed by atoms with Crippen molar-refractivity contribution in [1.82, 2.24) is 4.90 Å². The van der Waals surface area contributed by atoms with Crippen LogP contribution in [-0.4, -0.2) is 46.2 Å². The Balaban J connectivity index is 2.26. The molecule has 1 heterocycles. The van der Waals surface area contributed by atoms with Gasteiger partial charge in [0.2, 0.25) is 0 Å². The molecular formula is C16H19NO4. The Labute approximate surface area is 123 Å². The summed E-state index contributed by atoms with van der Waals surface area (Å²) >= 11 is 0. The number of benzene rings is 1. The smallest absolute Gasteiger partial charge is 0.328 e. The first-order valence-corrected chi connectivity index (χ1v) is 6.96. The van der Waals surface area contributed by atoms with Gasteiger partial charge in [-0.2, -0.15) is 0 Å². The standard InChI is InChI=1S/C16H19NO4/c1-11-4-5-13(9-12(11)6-7-15(19)20)16(21)17-8-2-3-14(17)10-18/h4-7,9,14,18H,2-3,8,10H2,1H3,(H,19,20)/b7-6+. The Morgan fingerprint density at radius 3 is 2.86 bits per heavy atom. The molecule has 5 heteroatoms. The summed E-state index contributed by atoms with van der Waals surface area (Å²) in [6, 6.07) is 5.13. The average Bonchev–Trinajstić information content (AvgIpc) is 2.94. The Morgan fingerprint density at radius 2 is 2.19 bits per heavy atom. The Kier molecular flexibility index (Phi) is 4.75. The zero-order valence-electron chi connectivity index (χ0n) is 12.0. The maximum absolute atomic E-state index is 12.5. The van der Waals surface area contributed by atoms with Crippen LogP contribution >= 0.6 is 0 Å². The predicted octanol–water partition coefficient (Wildman–Crippen LogP) is 1.69. The largest absolute Gasteiger partial charge is 0.478 e. The summed E-state index contributed by atoms with van der Waals surface area (Å²) in [4.78, 5) is 24.8. The molecule has 1 aliphatic heterocycles. The molecule has 2 N–H and O–H groups in total. The molecule has 1 aromatic carbocycles. The first-order chi connectivity index (χ1) is 10.0. The lowest BCUT2D eigenvalue weighted by molar-refractivity contribution is -0.131. The second-order valence-corrected chi connectivity index (χ2v) is 5.22. The SMILES string of the molecule is Cc1ccc(C(=O)N2CCCC2CO)cc1/C=C/C(=O)O. The number of carbonyl (C=O) groups excluding carboxylic acids is 1. The van der Waals surface area contributed by atoms with E-state index >= 15 is 0 Å². The lowest BCUT2D eigenvalue weighted by atomic mass is 10.0. The minimum absolute atomic E-state index is 0.0244. The van der Waals surface area contributed by atoms with E-state index in [-0.39, 0.29) is 18.6 Å². The van der Waals surface area contributed by atoms with Crippen LogP contribution in [0.3, 0.4) is 0 Å². The number of carbonyl (C=O) groups is 2. The number of aliphatic hydroxyl groups is 1. The third-order valence-corrected chi connectivity index (χ3v) is 3.78. The molecule has 112 valence electrons. The van der Waals surface area contributed by atoms with Gasteiger partial charge in [-0.1, -0.05) is 6.07 Å². The van der Waals surface area contributed by atoms with Crippen LogP contribution in [0, 0.1) is 6.92 Å². The van der Waals surface area contributed by atoms with Crippen LogP contribution in [0.4, 0.5) is 0 Å². The molecule has 0 spiro atoms. The molecule has 1 amide bonds. The van der Waals surface area contributed by atoms with Crippen LogP contribution in [0.25, 0.3) is 6.08 Å². The van der Waals surface area contributed by atoms with Crippen molar-refractivity contribution in [2.24, 2.45) is 0 Å². The van der Waals surface area contributed by atoms with E-state index in [9.17, 15) is 14.7 Å². The number of aliphatic hydroxyl groups excluding tert-OH is 1. The van der Waals surface area contributed by atoms with Crippen LogP contribution in [0.15, 0.2) is 24.3 Å². The number of aryl methyl sites for hydroxylation is 1. The summed E-state index contributed by atoms with van der Waals surface area (Å²) in [7, 11) is 0. The number of amides is 1. The highest BCUT2D eigenvalue weighted by atomic mass is 16.4. The van der Waals surface area contributed by atoms with Gasteiger partial charge in [-0.25, -0.2) is 4.79 Å². The number of nitrogens with zero attached hydrogens (tertiary/aromatic N) is 1. The monoisotopic (exact) mass is 289 g/mol. The molecule has 0 aromatic heterocycles. The van der Waals surface area contributed by atoms with Gasteiger partial charge in [0, 0.05) is 18.2 Å². The predicted molar refractivity (Wildman–Crippen MR) is 79.0 cm³/mol. The molecule has 21 heavy (non-hydrogen) atoms. The fraction of sp³-hybridized carbons (Fsp3) is 0.375. The zero-order valence-corrected chi connectivity index (χ0v) is 12.0. The van der Waals surface area contributed by atoms with Crippen molar-refractivity contribution >= 4 is 18.0 Å². The number of carboxylic acids is 1. The van der Waals surface area contributed by atoms with Crippen LogP contribution in [0.2, 0.25) is 0 Å². The van der Waals surface area contributed by atoms with Crippen molar-refractivity contribution in [2.45, 2.75) is 25.8 Å². The van der Waals surface area contributed by atoms with E-state index in [0.717, 1.165) is 24.5 Å².